The Bertz CT molecular complexity index is 767. The number of allylic oxidation sites excluding steroid dienone is 2. The Morgan fingerprint density at radius 3 is 2.36 bits per heavy atom. The van der Waals surface area contributed by atoms with E-state index in [1.165, 1.54) is 20.3 Å². The summed E-state index contributed by atoms with van der Waals surface area (Å²) in [6, 6.07) is 5.51. The number of thioether (sulfide) groups is 1. The van der Waals surface area contributed by atoms with Gasteiger partial charge in [-0.15, -0.1) is 11.8 Å². The van der Waals surface area contributed by atoms with Crippen molar-refractivity contribution < 1.29 is 23.8 Å². The number of carbonyl (C=O) groups is 2. The predicted octanol–water partition coefficient (Wildman–Crippen LogP) is 2.91. The van der Waals surface area contributed by atoms with Crippen molar-refractivity contribution in [2.24, 2.45) is 0 Å². The third-order valence-corrected chi connectivity index (χ3v) is 4.31. The van der Waals surface area contributed by atoms with Crippen LogP contribution in [0.3, 0.4) is 0 Å². The number of carbonyl (C=O) groups excluding carboxylic acids is 2. The lowest BCUT2D eigenvalue weighted by atomic mass is 10.1. The Hall–Kier alpha value is -2.67. The molecule has 0 spiro atoms. The Labute approximate surface area is 150 Å². The van der Waals surface area contributed by atoms with Gasteiger partial charge in [0.2, 0.25) is 0 Å². The van der Waals surface area contributed by atoms with Crippen molar-refractivity contribution in [3.05, 3.63) is 53.9 Å². The largest absolute Gasteiger partial charge is 0.496 e. The topological polar surface area (TPSA) is 65.1 Å². The van der Waals surface area contributed by atoms with Gasteiger partial charge >= 0.3 is 11.9 Å². The minimum Gasteiger partial charge on any atom is -0.496 e. The van der Waals surface area contributed by atoms with Crippen LogP contribution in [0.1, 0.15) is 0 Å². The molecule has 1 aliphatic rings. The van der Waals surface area contributed by atoms with E-state index in [2.05, 4.69) is 0 Å². The van der Waals surface area contributed by atoms with Crippen LogP contribution in [-0.2, 0) is 19.1 Å². The molecular formula is C18H19NO5S. The SMILES string of the molecule is COC(=O)C1=C(C(=O)OC)N(c2ccc(SC)c(OC)c2)C=CC=C1. The highest BCUT2D eigenvalue weighted by molar-refractivity contribution is 7.98. The smallest absolute Gasteiger partial charge is 0.355 e. The number of ether oxygens (including phenoxy) is 3. The van der Waals surface area contributed by atoms with Crippen molar-refractivity contribution in [3.8, 4) is 5.75 Å². The number of hydrogen-bond donors (Lipinski definition) is 0. The molecule has 0 aromatic heterocycles. The van der Waals surface area contributed by atoms with Gasteiger partial charge in [-0.1, -0.05) is 6.08 Å². The lowest BCUT2D eigenvalue weighted by Crippen LogP contribution is -2.27. The van der Waals surface area contributed by atoms with Crippen LogP contribution in [-0.4, -0.2) is 39.5 Å². The molecule has 1 aliphatic heterocycles. The molecule has 0 amide bonds. The maximum Gasteiger partial charge on any atom is 0.355 e. The molecule has 2 rings (SSSR count). The van der Waals surface area contributed by atoms with E-state index in [0.29, 0.717) is 11.4 Å². The third kappa shape index (κ3) is 3.88. The monoisotopic (exact) mass is 361 g/mol. The first kappa shape index (κ1) is 18.7. The predicted molar refractivity (Wildman–Crippen MR) is 96.6 cm³/mol. The second-order valence-corrected chi connectivity index (χ2v) is 5.70. The first-order chi connectivity index (χ1) is 12.1. The van der Waals surface area contributed by atoms with Crippen LogP contribution in [0.15, 0.2) is 58.8 Å². The van der Waals surface area contributed by atoms with Gasteiger partial charge < -0.3 is 19.1 Å². The van der Waals surface area contributed by atoms with Crippen LogP contribution in [0.5, 0.6) is 5.75 Å². The average molecular weight is 361 g/mol. The van der Waals surface area contributed by atoms with E-state index in [9.17, 15) is 9.59 Å². The van der Waals surface area contributed by atoms with Crippen molar-refractivity contribution in [3.63, 3.8) is 0 Å². The third-order valence-electron chi connectivity index (χ3n) is 3.53. The Morgan fingerprint density at radius 1 is 1.04 bits per heavy atom. The summed E-state index contributed by atoms with van der Waals surface area (Å²) in [4.78, 5) is 27.0. The molecule has 0 radical (unpaired) electrons. The summed E-state index contributed by atoms with van der Waals surface area (Å²) in [5.41, 5.74) is 0.821. The molecule has 6 nitrogen and oxygen atoms in total. The molecule has 0 bridgehead atoms. The normalized spacial score (nSPS) is 13.5. The molecular weight excluding hydrogens is 342 g/mol. The Balaban J connectivity index is 2.64. The number of methoxy groups -OCH3 is 3. The molecule has 1 heterocycles. The van der Waals surface area contributed by atoms with E-state index < -0.39 is 11.9 Å². The van der Waals surface area contributed by atoms with Gasteiger partial charge in [0.25, 0.3) is 0 Å². The maximum absolute atomic E-state index is 12.4. The number of rotatable bonds is 5. The van der Waals surface area contributed by atoms with Crippen molar-refractivity contribution in [2.45, 2.75) is 4.90 Å². The second-order valence-electron chi connectivity index (χ2n) is 4.86. The fourth-order valence-electron chi connectivity index (χ4n) is 2.34. The van der Waals surface area contributed by atoms with Gasteiger partial charge in [0.1, 0.15) is 11.4 Å². The van der Waals surface area contributed by atoms with Gasteiger partial charge in [-0.2, -0.15) is 0 Å². The van der Waals surface area contributed by atoms with Crippen LogP contribution >= 0.6 is 11.8 Å². The number of nitrogens with zero attached hydrogens (tertiary/aromatic N) is 1. The van der Waals surface area contributed by atoms with Crippen LogP contribution in [0.2, 0.25) is 0 Å². The van der Waals surface area contributed by atoms with E-state index in [-0.39, 0.29) is 11.3 Å². The first-order valence-electron chi connectivity index (χ1n) is 7.34. The van der Waals surface area contributed by atoms with Crippen LogP contribution in [0.25, 0.3) is 0 Å². The standard InChI is InChI=1S/C18H19NO5S/c1-22-14-11-12(8-9-15(14)25-4)19-10-6-5-7-13(17(20)23-2)16(19)18(21)24-3/h5-11H,1-4H3. The highest BCUT2D eigenvalue weighted by atomic mass is 32.2. The minimum atomic E-state index is -0.649. The number of hydrogen-bond acceptors (Lipinski definition) is 7. The molecule has 0 atom stereocenters. The molecule has 0 fully saturated rings. The molecule has 0 saturated heterocycles. The van der Waals surface area contributed by atoms with E-state index >= 15 is 0 Å². The van der Waals surface area contributed by atoms with Gasteiger partial charge in [0.05, 0.1) is 26.9 Å². The van der Waals surface area contributed by atoms with E-state index in [1.807, 2.05) is 18.4 Å². The molecule has 7 heteroatoms. The zero-order valence-corrected chi connectivity index (χ0v) is 15.3. The molecule has 1 aromatic rings. The van der Waals surface area contributed by atoms with E-state index in [1.54, 1.807) is 48.2 Å². The second kappa shape index (κ2) is 8.43. The zero-order valence-electron chi connectivity index (χ0n) is 14.4. The quantitative estimate of drug-likeness (QED) is 0.590. The van der Waals surface area contributed by atoms with Gasteiger partial charge in [0.15, 0.2) is 0 Å². The van der Waals surface area contributed by atoms with Crippen molar-refractivity contribution in [1.82, 2.24) is 0 Å². The van der Waals surface area contributed by atoms with Gasteiger partial charge in [-0.3, -0.25) is 0 Å². The van der Waals surface area contributed by atoms with Crippen molar-refractivity contribution in [2.75, 3.05) is 32.5 Å². The number of anilines is 1. The number of esters is 2. The summed E-state index contributed by atoms with van der Waals surface area (Å²) < 4.78 is 15.1. The molecule has 0 N–H and O–H groups in total. The Morgan fingerprint density at radius 2 is 1.76 bits per heavy atom. The average Bonchev–Trinajstić information content (AvgIpc) is 2.88. The maximum atomic E-state index is 12.4. The molecule has 25 heavy (non-hydrogen) atoms. The summed E-state index contributed by atoms with van der Waals surface area (Å²) in [5.74, 6) is -0.609. The number of benzene rings is 1. The highest BCUT2D eigenvalue weighted by Crippen LogP contribution is 2.34. The summed E-state index contributed by atoms with van der Waals surface area (Å²) >= 11 is 1.55. The van der Waals surface area contributed by atoms with Crippen LogP contribution in [0, 0.1) is 0 Å². The lowest BCUT2D eigenvalue weighted by molar-refractivity contribution is -0.139. The zero-order chi connectivity index (χ0) is 18.4. The summed E-state index contributed by atoms with van der Waals surface area (Å²) in [6.07, 6.45) is 8.51. The van der Waals surface area contributed by atoms with Gasteiger partial charge in [0, 0.05) is 22.8 Å². The molecule has 132 valence electrons. The van der Waals surface area contributed by atoms with E-state index in [4.69, 9.17) is 14.2 Å². The van der Waals surface area contributed by atoms with Crippen LogP contribution in [0.4, 0.5) is 5.69 Å². The first-order valence-corrected chi connectivity index (χ1v) is 8.56. The van der Waals surface area contributed by atoms with Crippen molar-refractivity contribution in [1.29, 1.82) is 0 Å². The van der Waals surface area contributed by atoms with E-state index in [0.717, 1.165) is 4.90 Å². The molecule has 0 aliphatic carbocycles. The van der Waals surface area contributed by atoms with Gasteiger partial charge in [-0.25, -0.2) is 9.59 Å². The highest BCUT2D eigenvalue weighted by Gasteiger charge is 2.27. The molecule has 1 aromatic carbocycles. The fourth-order valence-corrected chi connectivity index (χ4v) is 2.89. The van der Waals surface area contributed by atoms with Gasteiger partial charge in [-0.05, 0) is 30.5 Å². The minimum absolute atomic E-state index is 0.0679. The Kier molecular flexibility index (Phi) is 6.30. The van der Waals surface area contributed by atoms with Crippen LogP contribution < -0.4 is 9.64 Å². The molecule has 0 unspecified atom stereocenters. The summed E-state index contributed by atoms with van der Waals surface area (Å²) in [7, 11) is 4.10. The summed E-state index contributed by atoms with van der Waals surface area (Å²) in [6.45, 7) is 0. The molecule has 0 saturated carbocycles. The summed E-state index contributed by atoms with van der Waals surface area (Å²) in [5, 5.41) is 0. The van der Waals surface area contributed by atoms with Crippen molar-refractivity contribution >= 4 is 29.4 Å². The lowest BCUT2D eigenvalue weighted by Gasteiger charge is -2.24. The fraction of sp³-hybridized carbons (Fsp3) is 0.222.